The highest BCUT2D eigenvalue weighted by Gasteiger charge is 2.09. The van der Waals surface area contributed by atoms with Gasteiger partial charge < -0.3 is 0 Å². The molecular formula is C16H14Br2. The zero-order valence-electron chi connectivity index (χ0n) is 9.94. The Hall–Kier alpha value is -0.860. The Labute approximate surface area is 125 Å². The molecule has 0 N–H and O–H groups in total. The van der Waals surface area contributed by atoms with E-state index < -0.39 is 0 Å². The van der Waals surface area contributed by atoms with Crippen molar-refractivity contribution in [3.63, 3.8) is 0 Å². The Morgan fingerprint density at radius 3 is 1.39 bits per heavy atom. The van der Waals surface area contributed by atoms with E-state index in [1.54, 1.807) is 0 Å². The number of hydrogen-bond acceptors (Lipinski definition) is 0. The SMILES string of the molecule is BrCC(CBr)=C(c1ccccc1)c1ccccc1. The Kier molecular flexibility index (Phi) is 5.21. The maximum Gasteiger partial charge on any atom is 0.0259 e. The number of allylic oxidation sites excluding steroid dienone is 1. The van der Waals surface area contributed by atoms with Crippen LogP contribution in [-0.4, -0.2) is 10.7 Å². The molecule has 2 rings (SSSR count). The van der Waals surface area contributed by atoms with Crippen LogP contribution in [0.5, 0.6) is 0 Å². The number of hydrogen-bond donors (Lipinski definition) is 0. The number of rotatable bonds is 4. The first-order chi connectivity index (χ1) is 8.86. The van der Waals surface area contributed by atoms with Crippen LogP contribution in [-0.2, 0) is 0 Å². The second-order valence-corrected chi connectivity index (χ2v) is 5.10. The van der Waals surface area contributed by atoms with E-state index in [1.807, 2.05) is 12.1 Å². The second kappa shape index (κ2) is 6.91. The molecular weight excluding hydrogens is 352 g/mol. The second-order valence-electron chi connectivity index (χ2n) is 3.98. The molecule has 0 aliphatic carbocycles. The summed E-state index contributed by atoms with van der Waals surface area (Å²) in [6.07, 6.45) is 0. The largest absolute Gasteiger partial charge is 0.0879 e. The lowest BCUT2D eigenvalue weighted by molar-refractivity contribution is 1.42. The van der Waals surface area contributed by atoms with Gasteiger partial charge in [-0.05, 0) is 22.3 Å². The van der Waals surface area contributed by atoms with Crippen LogP contribution in [0.25, 0.3) is 5.57 Å². The van der Waals surface area contributed by atoms with E-state index in [4.69, 9.17) is 0 Å². The van der Waals surface area contributed by atoms with Crippen molar-refractivity contribution >= 4 is 37.4 Å². The van der Waals surface area contributed by atoms with Crippen molar-refractivity contribution in [2.75, 3.05) is 10.7 Å². The third-order valence-electron chi connectivity index (χ3n) is 2.80. The van der Waals surface area contributed by atoms with Crippen molar-refractivity contribution in [3.05, 3.63) is 77.4 Å². The van der Waals surface area contributed by atoms with E-state index in [-0.39, 0.29) is 0 Å². The average molecular weight is 366 g/mol. The molecule has 0 atom stereocenters. The summed E-state index contributed by atoms with van der Waals surface area (Å²) in [7, 11) is 0. The fourth-order valence-corrected chi connectivity index (χ4v) is 3.44. The zero-order chi connectivity index (χ0) is 12.8. The van der Waals surface area contributed by atoms with E-state index >= 15 is 0 Å². The Morgan fingerprint density at radius 1 is 0.667 bits per heavy atom. The summed E-state index contributed by atoms with van der Waals surface area (Å²) in [6.45, 7) is 0. The monoisotopic (exact) mass is 364 g/mol. The van der Waals surface area contributed by atoms with Crippen molar-refractivity contribution in [3.8, 4) is 0 Å². The van der Waals surface area contributed by atoms with Crippen LogP contribution >= 0.6 is 31.9 Å². The van der Waals surface area contributed by atoms with Crippen LogP contribution in [0.15, 0.2) is 66.2 Å². The molecule has 0 aliphatic rings. The lowest BCUT2D eigenvalue weighted by atomic mass is 9.94. The van der Waals surface area contributed by atoms with Crippen molar-refractivity contribution in [1.82, 2.24) is 0 Å². The molecule has 92 valence electrons. The maximum atomic E-state index is 3.58. The highest BCUT2D eigenvalue weighted by Crippen LogP contribution is 2.28. The van der Waals surface area contributed by atoms with E-state index in [0.29, 0.717) is 0 Å². The average Bonchev–Trinajstić information content (AvgIpc) is 2.46. The van der Waals surface area contributed by atoms with Crippen molar-refractivity contribution < 1.29 is 0 Å². The first kappa shape index (κ1) is 13.6. The molecule has 0 saturated carbocycles. The summed E-state index contributed by atoms with van der Waals surface area (Å²) in [5, 5.41) is 1.74. The molecule has 0 aromatic heterocycles. The van der Waals surface area contributed by atoms with E-state index in [9.17, 15) is 0 Å². The maximum absolute atomic E-state index is 3.58. The van der Waals surface area contributed by atoms with Gasteiger partial charge in [-0.25, -0.2) is 0 Å². The Morgan fingerprint density at radius 2 is 1.06 bits per heavy atom. The first-order valence-corrected chi connectivity index (χ1v) is 8.06. The summed E-state index contributed by atoms with van der Waals surface area (Å²) in [5.41, 5.74) is 5.19. The molecule has 0 spiro atoms. The molecule has 0 saturated heterocycles. The Bertz CT molecular complexity index is 468. The number of benzene rings is 2. The van der Waals surface area contributed by atoms with Crippen LogP contribution in [0.2, 0.25) is 0 Å². The molecule has 18 heavy (non-hydrogen) atoms. The summed E-state index contributed by atoms with van der Waals surface area (Å²) in [6, 6.07) is 21.1. The van der Waals surface area contributed by atoms with Gasteiger partial charge in [-0.15, -0.1) is 0 Å². The van der Waals surface area contributed by atoms with Crippen LogP contribution in [0, 0.1) is 0 Å². The predicted octanol–water partition coefficient (Wildman–Crippen LogP) is 5.28. The molecule has 0 fully saturated rings. The molecule has 0 nitrogen and oxygen atoms in total. The zero-order valence-corrected chi connectivity index (χ0v) is 13.1. The van der Waals surface area contributed by atoms with Gasteiger partial charge in [0, 0.05) is 10.7 Å². The molecule has 0 bridgehead atoms. The number of alkyl halides is 2. The van der Waals surface area contributed by atoms with E-state index in [0.717, 1.165) is 10.7 Å². The van der Waals surface area contributed by atoms with Gasteiger partial charge in [0.2, 0.25) is 0 Å². The summed E-state index contributed by atoms with van der Waals surface area (Å²) >= 11 is 7.17. The summed E-state index contributed by atoms with van der Waals surface area (Å²) in [4.78, 5) is 0. The van der Waals surface area contributed by atoms with Crippen molar-refractivity contribution in [2.45, 2.75) is 0 Å². The Balaban J connectivity index is 2.59. The standard InChI is InChI=1S/C16H14Br2/c17-11-15(12-18)16(13-7-3-1-4-8-13)14-9-5-2-6-10-14/h1-10H,11-12H2. The third-order valence-corrected chi connectivity index (χ3v) is 4.15. The highest BCUT2D eigenvalue weighted by molar-refractivity contribution is 9.10. The lowest BCUT2D eigenvalue weighted by Crippen LogP contribution is -1.97. The molecule has 2 aromatic rings. The molecule has 0 radical (unpaired) electrons. The molecule has 2 heteroatoms. The minimum absolute atomic E-state index is 0.872. The van der Waals surface area contributed by atoms with Crippen LogP contribution in [0.4, 0.5) is 0 Å². The van der Waals surface area contributed by atoms with Crippen LogP contribution in [0.1, 0.15) is 11.1 Å². The van der Waals surface area contributed by atoms with Gasteiger partial charge in [-0.3, -0.25) is 0 Å². The topological polar surface area (TPSA) is 0 Å². The lowest BCUT2D eigenvalue weighted by Gasteiger charge is -2.13. The summed E-state index contributed by atoms with van der Waals surface area (Å²) < 4.78 is 0. The first-order valence-electron chi connectivity index (χ1n) is 5.81. The van der Waals surface area contributed by atoms with Gasteiger partial charge in [-0.2, -0.15) is 0 Å². The van der Waals surface area contributed by atoms with E-state index in [1.165, 1.54) is 22.3 Å². The van der Waals surface area contributed by atoms with Crippen molar-refractivity contribution in [2.24, 2.45) is 0 Å². The highest BCUT2D eigenvalue weighted by atomic mass is 79.9. The minimum Gasteiger partial charge on any atom is -0.0879 e. The van der Waals surface area contributed by atoms with E-state index in [2.05, 4.69) is 80.4 Å². The van der Waals surface area contributed by atoms with Crippen LogP contribution in [0.3, 0.4) is 0 Å². The molecule has 0 amide bonds. The van der Waals surface area contributed by atoms with Gasteiger partial charge >= 0.3 is 0 Å². The van der Waals surface area contributed by atoms with Gasteiger partial charge in [0.05, 0.1) is 0 Å². The molecule has 0 aliphatic heterocycles. The third kappa shape index (κ3) is 3.12. The smallest absolute Gasteiger partial charge is 0.0259 e. The fraction of sp³-hybridized carbons (Fsp3) is 0.125. The molecule has 2 aromatic carbocycles. The fourth-order valence-electron chi connectivity index (χ4n) is 1.95. The van der Waals surface area contributed by atoms with Crippen LogP contribution < -0.4 is 0 Å². The summed E-state index contributed by atoms with van der Waals surface area (Å²) in [5.74, 6) is 0. The van der Waals surface area contributed by atoms with Gasteiger partial charge in [0.25, 0.3) is 0 Å². The molecule has 0 heterocycles. The normalized spacial score (nSPS) is 10.1. The van der Waals surface area contributed by atoms with Gasteiger partial charge in [0.1, 0.15) is 0 Å². The van der Waals surface area contributed by atoms with Crippen molar-refractivity contribution in [1.29, 1.82) is 0 Å². The number of halogens is 2. The van der Waals surface area contributed by atoms with Gasteiger partial charge in [-0.1, -0.05) is 92.5 Å². The minimum atomic E-state index is 0.872. The predicted molar refractivity (Wildman–Crippen MR) is 86.5 cm³/mol. The quantitative estimate of drug-likeness (QED) is 0.646. The molecule has 0 unspecified atom stereocenters. The van der Waals surface area contributed by atoms with Gasteiger partial charge in [0.15, 0.2) is 0 Å².